The van der Waals surface area contributed by atoms with E-state index in [1.165, 1.54) is 19.3 Å². The van der Waals surface area contributed by atoms with Crippen LogP contribution in [0.5, 0.6) is 0 Å². The van der Waals surface area contributed by atoms with Crippen molar-refractivity contribution >= 4 is 11.8 Å². The maximum atomic E-state index is 13.1. The highest BCUT2D eigenvalue weighted by molar-refractivity contribution is 8.01. The molecule has 6 heteroatoms. The number of halogens is 3. The van der Waals surface area contributed by atoms with Crippen LogP contribution in [0.3, 0.4) is 0 Å². The molecule has 2 unspecified atom stereocenters. The Hall–Kier alpha value is -0.460. The smallest absolute Gasteiger partial charge is 0.387 e. The van der Waals surface area contributed by atoms with Gasteiger partial charge in [-0.05, 0) is 12.2 Å². The molecule has 0 saturated heterocycles. The van der Waals surface area contributed by atoms with Gasteiger partial charge in [-0.2, -0.15) is 13.2 Å². The number of allylic oxidation sites excluding steroid dienone is 2. The summed E-state index contributed by atoms with van der Waals surface area (Å²) in [5.41, 5.74) is -0.731. The molecule has 104 valence electrons. The second-order valence-electron chi connectivity index (χ2n) is 4.08. The van der Waals surface area contributed by atoms with Crippen LogP contribution in [0.2, 0.25) is 0 Å². The van der Waals surface area contributed by atoms with Crippen molar-refractivity contribution in [1.29, 1.82) is 0 Å². The van der Waals surface area contributed by atoms with E-state index in [2.05, 4.69) is 0 Å². The van der Waals surface area contributed by atoms with E-state index in [-0.39, 0.29) is 6.61 Å². The molecule has 0 aromatic rings. The molecule has 0 aromatic heterocycles. The number of hydrogen-bond donors (Lipinski definition) is 1. The summed E-state index contributed by atoms with van der Waals surface area (Å²) >= 11 is 1.10. The molecule has 18 heavy (non-hydrogen) atoms. The van der Waals surface area contributed by atoms with Crippen molar-refractivity contribution in [2.24, 2.45) is 0 Å². The van der Waals surface area contributed by atoms with Crippen LogP contribution >= 0.6 is 11.8 Å². The van der Waals surface area contributed by atoms with Crippen LogP contribution in [-0.2, 0) is 4.74 Å². The summed E-state index contributed by atoms with van der Waals surface area (Å²) in [5, 5.41) is 9.98. The lowest BCUT2D eigenvalue weighted by Gasteiger charge is -2.40. The molecule has 0 aliphatic heterocycles. The van der Waals surface area contributed by atoms with Crippen LogP contribution in [0.25, 0.3) is 0 Å². The molecule has 1 N–H and O–H groups in total. The van der Waals surface area contributed by atoms with E-state index >= 15 is 0 Å². The van der Waals surface area contributed by atoms with Crippen molar-refractivity contribution in [2.45, 2.75) is 30.4 Å². The fourth-order valence-corrected chi connectivity index (χ4v) is 3.27. The largest absolute Gasteiger partial charge is 0.414 e. The minimum atomic E-state index is -4.47. The van der Waals surface area contributed by atoms with E-state index in [1.807, 2.05) is 6.92 Å². The zero-order valence-corrected chi connectivity index (χ0v) is 11.1. The third-order valence-electron chi connectivity index (χ3n) is 2.72. The summed E-state index contributed by atoms with van der Waals surface area (Å²) < 4.78 is 42.7. The molecular formula is C12H17F3O2S. The predicted octanol–water partition coefficient (Wildman–Crippen LogP) is 2.93. The molecule has 0 amide bonds. The van der Waals surface area contributed by atoms with Gasteiger partial charge in [0.1, 0.15) is 0 Å². The van der Waals surface area contributed by atoms with Crippen LogP contribution in [0.4, 0.5) is 13.2 Å². The normalized spacial score (nSPS) is 28.3. The minimum absolute atomic E-state index is 0.172. The third kappa shape index (κ3) is 3.10. The van der Waals surface area contributed by atoms with Crippen molar-refractivity contribution in [2.75, 3.05) is 19.5 Å². The number of thioether (sulfide) groups is 1. The summed E-state index contributed by atoms with van der Waals surface area (Å²) in [7, 11) is 1.34. The van der Waals surface area contributed by atoms with Gasteiger partial charge in [-0.25, -0.2) is 0 Å². The van der Waals surface area contributed by atoms with Gasteiger partial charge in [-0.15, -0.1) is 11.8 Å². The number of rotatable bonds is 5. The molecule has 1 rings (SSSR count). The van der Waals surface area contributed by atoms with Crippen LogP contribution in [-0.4, -0.2) is 41.6 Å². The quantitative estimate of drug-likeness (QED) is 0.840. The first-order valence-corrected chi connectivity index (χ1v) is 6.64. The van der Waals surface area contributed by atoms with Crippen molar-refractivity contribution in [3.8, 4) is 0 Å². The summed E-state index contributed by atoms with van der Waals surface area (Å²) in [6.45, 7) is 1.71. The molecule has 0 bridgehead atoms. The highest BCUT2D eigenvalue weighted by Gasteiger charge is 2.52. The highest BCUT2D eigenvalue weighted by Crippen LogP contribution is 2.46. The highest BCUT2D eigenvalue weighted by atomic mass is 32.2. The van der Waals surface area contributed by atoms with Gasteiger partial charge in [0.15, 0.2) is 0 Å². The number of hydrogen-bond acceptors (Lipinski definition) is 3. The Kier molecular flexibility index (Phi) is 5.31. The Balaban J connectivity index is 3.15. The molecule has 1 aliphatic carbocycles. The molecule has 2 nitrogen and oxygen atoms in total. The Morgan fingerprint density at radius 1 is 1.50 bits per heavy atom. The SMILES string of the molecule is CCCSC1(COC)C(C(F)(F)F)=CC=CC1O. The Morgan fingerprint density at radius 2 is 2.17 bits per heavy atom. The zero-order valence-electron chi connectivity index (χ0n) is 10.3. The van der Waals surface area contributed by atoms with Gasteiger partial charge in [0, 0.05) is 7.11 Å². The zero-order chi connectivity index (χ0) is 13.8. The fourth-order valence-electron chi connectivity index (χ4n) is 1.91. The Labute approximate surface area is 109 Å². The number of aliphatic hydroxyl groups is 1. The second kappa shape index (κ2) is 6.12. The van der Waals surface area contributed by atoms with Crippen molar-refractivity contribution < 1.29 is 23.0 Å². The molecule has 0 radical (unpaired) electrons. The third-order valence-corrected chi connectivity index (χ3v) is 4.42. The molecule has 0 aromatic carbocycles. The van der Waals surface area contributed by atoms with E-state index in [1.54, 1.807) is 0 Å². The van der Waals surface area contributed by atoms with E-state index in [0.717, 1.165) is 24.3 Å². The number of methoxy groups -OCH3 is 1. The maximum Gasteiger partial charge on any atom is 0.414 e. The second-order valence-corrected chi connectivity index (χ2v) is 5.50. The van der Waals surface area contributed by atoms with E-state index in [4.69, 9.17) is 4.74 Å². The number of alkyl halides is 3. The van der Waals surface area contributed by atoms with Crippen LogP contribution in [0.15, 0.2) is 23.8 Å². The molecule has 0 saturated carbocycles. The van der Waals surface area contributed by atoms with E-state index in [9.17, 15) is 18.3 Å². The van der Waals surface area contributed by atoms with E-state index in [0.29, 0.717) is 5.75 Å². The van der Waals surface area contributed by atoms with Gasteiger partial charge in [0.2, 0.25) is 0 Å². The first kappa shape index (κ1) is 15.6. The molecule has 0 heterocycles. The van der Waals surface area contributed by atoms with Gasteiger partial charge in [0.25, 0.3) is 0 Å². The molecule has 0 fully saturated rings. The first-order chi connectivity index (χ1) is 8.38. The predicted molar refractivity (Wildman–Crippen MR) is 66.6 cm³/mol. The molecule has 1 aliphatic rings. The Morgan fingerprint density at radius 3 is 2.67 bits per heavy atom. The van der Waals surface area contributed by atoms with Crippen LogP contribution in [0.1, 0.15) is 13.3 Å². The van der Waals surface area contributed by atoms with Crippen LogP contribution in [0, 0.1) is 0 Å². The van der Waals surface area contributed by atoms with Crippen molar-refractivity contribution in [1.82, 2.24) is 0 Å². The van der Waals surface area contributed by atoms with Gasteiger partial charge in [-0.3, -0.25) is 0 Å². The standard InChI is InChI=1S/C12H17F3O2S/c1-3-7-18-11(8-17-2)9(12(13,14)15)5-4-6-10(11)16/h4-6,10,16H,3,7-8H2,1-2H3. The Bertz CT molecular complexity index is 339. The lowest BCUT2D eigenvalue weighted by Crippen LogP contribution is -2.49. The summed E-state index contributed by atoms with van der Waals surface area (Å²) in [6.07, 6.45) is -1.29. The van der Waals surface area contributed by atoms with Gasteiger partial charge in [0.05, 0.1) is 23.0 Å². The summed E-state index contributed by atoms with van der Waals surface area (Å²) in [6, 6.07) is 0. The average Bonchev–Trinajstić information content (AvgIpc) is 2.28. The number of ether oxygens (including phenoxy) is 1. The van der Waals surface area contributed by atoms with Crippen molar-refractivity contribution in [3.63, 3.8) is 0 Å². The summed E-state index contributed by atoms with van der Waals surface area (Å²) in [4.78, 5) is 0. The molecular weight excluding hydrogens is 265 g/mol. The average molecular weight is 282 g/mol. The lowest BCUT2D eigenvalue weighted by atomic mass is 9.88. The van der Waals surface area contributed by atoms with Gasteiger partial charge < -0.3 is 9.84 Å². The summed E-state index contributed by atoms with van der Waals surface area (Å²) in [5.74, 6) is 0.529. The molecule has 0 spiro atoms. The van der Waals surface area contributed by atoms with Crippen molar-refractivity contribution in [3.05, 3.63) is 23.8 Å². The fraction of sp³-hybridized carbons (Fsp3) is 0.667. The maximum absolute atomic E-state index is 13.1. The van der Waals surface area contributed by atoms with E-state index < -0.39 is 22.6 Å². The lowest BCUT2D eigenvalue weighted by molar-refractivity contribution is -0.104. The topological polar surface area (TPSA) is 29.5 Å². The monoisotopic (exact) mass is 282 g/mol. The first-order valence-electron chi connectivity index (χ1n) is 5.65. The number of aliphatic hydroxyl groups excluding tert-OH is 1. The minimum Gasteiger partial charge on any atom is -0.387 e. The van der Waals surface area contributed by atoms with Crippen LogP contribution < -0.4 is 0 Å². The van der Waals surface area contributed by atoms with Gasteiger partial charge >= 0.3 is 6.18 Å². The molecule has 2 atom stereocenters. The van der Waals surface area contributed by atoms with Gasteiger partial charge in [-0.1, -0.05) is 25.2 Å².